The van der Waals surface area contributed by atoms with Gasteiger partial charge in [-0.2, -0.15) is 5.10 Å². The van der Waals surface area contributed by atoms with Gasteiger partial charge in [0.2, 0.25) is 0 Å². The lowest BCUT2D eigenvalue weighted by Crippen LogP contribution is -2.45. The van der Waals surface area contributed by atoms with Crippen LogP contribution >= 0.6 is 0 Å². The number of hydrogen-bond donors (Lipinski definition) is 0. The molecule has 5 heteroatoms. The summed E-state index contributed by atoms with van der Waals surface area (Å²) in [5.41, 5.74) is 6.60. The van der Waals surface area contributed by atoms with Gasteiger partial charge in [-0.05, 0) is 48.4 Å². The van der Waals surface area contributed by atoms with Crippen LogP contribution in [-0.2, 0) is 5.41 Å². The van der Waals surface area contributed by atoms with Crippen molar-refractivity contribution in [1.29, 1.82) is 0 Å². The number of hydrogen-bond acceptors (Lipinski definition) is 4. The van der Waals surface area contributed by atoms with Crippen LogP contribution in [0.5, 0.6) is 0 Å². The van der Waals surface area contributed by atoms with Gasteiger partial charge in [0.1, 0.15) is 0 Å². The summed E-state index contributed by atoms with van der Waals surface area (Å²) in [6, 6.07) is 10.7. The first kappa shape index (κ1) is 18.7. The van der Waals surface area contributed by atoms with Crippen LogP contribution in [0.25, 0.3) is 23.0 Å². The highest BCUT2D eigenvalue weighted by Gasteiger charge is 2.24. The van der Waals surface area contributed by atoms with Crippen LogP contribution in [0.3, 0.4) is 0 Å². The molecule has 0 unspecified atom stereocenters. The molecule has 1 fully saturated rings. The van der Waals surface area contributed by atoms with Gasteiger partial charge in [0, 0.05) is 37.4 Å². The average Bonchev–Trinajstić information content (AvgIpc) is 3.10. The molecule has 1 saturated heterocycles. The van der Waals surface area contributed by atoms with E-state index in [0.29, 0.717) is 0 Å². The normalized spacial score (nSPS) is 15.9. The van der Waals surface area contributed by atoms with E-state index in [4.69, 9.17) is 0 Å². The van der Waals surface area contributed by atoms with E-state index in [1.807, 2.05) is 22.8 Å². The Kier molecular flexibility index (Phi) is 4.71. The number of likely N-dealkylation sites (N-methyl/N-ethyl adjacent to an activating group) is 1. The second kappa shape index (κ2) is 7.06. The van der Waals surface area contributed by atoms with Gasteiger partial charge in [-0.3, -0.25) is 0 Å². The fourth-order valence-electron chi connectivity index (χ4n) is 3.81. The number of aromatic nitrogens is 3. The highest BCUT2D eigenvalue weighted by Crippen LogP contribution is 2.36. The van der Waals surface area contributed by atoms with Crippen molar-refractivity contribution in [2.24, 2.45) is 0 Å². The van der Waals surface area contributed by atoms with Crippen LogP contribution in [0.2, 0.25) is 0 Å². The van der Waals surface area contributed by atoms with Crippen LogP contribution in [0.1, 0.15) is 32.0 Å². The number of fused-ring (bicyclic) bond motifs is 1. The van der Waals surface area contributed by atoms with Crippen molar-refractivity contribution in [3.05, 3.63) is 54.4 Å². The van der Waals surface area contributed by atoms with Crippen LogP contribution in [0.15, 0.2) is 43.1 Å². The maximum atomic E-state index is 4.66. The molecule has 0 aliphatic carbocycles. The molecule has 5 nitrogen and oxygen atoms in total. The van der Waals surface area contributed by atoms with Gasteiger partial charge in [-0.25, -0.2) is 9.50 Å². The van der Waals surface area contributed by atoms with Gasteiger partial charge in [0.05, 0.1) is 17.6 Å². The summed E-state index contributed by atoms with van der Waals surface area (Å²) in [4.78, 5) is 9.45. The molecule has 0 bridgehead atoms. The van der Waals surface area contributed by atoms with Crippen molar-refractivity contribution in [3.63, 3.8) is 0 Å². The van der Waals surface area contributed by atoms with E-state index in [1.54, 1.807) is 6.08 Å². The monoisotopic (exact) mass is 375 g/mol. The molecule has 2 aromatic heterocycles. The lowest BCUT2D eigenvalue weighted by molar-refractivity contribution is 0.312. The zero-order valence-corrected chi connectivity index (χ0v) is 17.3. The predicted octanol–water partition coefficient (Wildman–Crippen LogP) is 4.09. The predicted molar refractivity (Wildman–Crippen MR) is 117 cm³/mol. The van der Waals surface area contributed by atoms with Gasteiger partial charge in [-0.1, -0.05) is 33.4 Å². The van der Waals surface area contributed by atoms with Crippen LogP contribution in [0.4, 0.5) is 5.69 Å². The zero-order valence-electron chi connectivity index (χ0n) is 17.3. The number of nitrogens with zero attached hydrogens (tertiary/aromatic N) is 5. The second-order valence-corrected chi connectivity index (χ2v) is 8.65. The number of rotatable bonds is 3. The summed E-state index contributed by atoms with van der Waals surface area (Å²) in [5, 5.41) is 4.66. The molecule has 1 aliphatic rings. The Hall–Kier alpha value is -2.66. The van der Waals surface area contributed by atoms with E-state index >= 15 is 0 Å². The third kappa shape index (κ3) is 3.42. The molecule has 4 rings (SSSR count). The summed E-state index contributed by atoms with van der Waals surface area (Å²) in [6.45, 7) is 15.0. The van der Waals surface area contributed by atoms with E-state index in [9.17, 15) is 0 Å². The molecular formula is C23H29N5. The third-order valence-corrected chi connectivity index (χ3v) is 5.54. The molecule has 3 aromatic rings. The van der Waals surface area contributed by atoms with Crippen molar-refractivity contribution < 1.29 is 0 Å². The molecule has 0 radical (unpaired) electrons. The lowest BCUT2D eigenvalue weighted by Gasteiger charge is -2.37. The summed E-state index contributed by atoms with van der Waals surface area (Å²) in [5.74, 6) is 0. The number of anilines is 1. The van der Waals surface area contributed by atoms with Crippen LogP contribution < -0.4 is 4.90 Å². The quantitative estimate of drug-likeness (QED) is 0.691. The maximum Gasteiger partial charge on any atom is 0.154 e. The molecule has 0 spiro atoms. The molecule has 1 aliphatic heterocycles. The van der Waals surface area contributed by atoms with Gasteiger partial charge in [-0.15, -0.1) is 0 Å². The minimum absolute atomic E-state index is 0.0505. The Labute approximate surface area is 167 Å². The summed E-state index contributed by atoms with van der Waals surface area (Å²) < 4.78 is 1.91. The van der Waals surface area contributed by atoms with Crippen molar-refractivity contribution in [3.8, 4) is 11.3 Å². The zero-order chi connectivity index (χ0) is 19.9. The maximum absolute atomic E-state index is 4.66. The minimum atomic E-state index is 0.0505. The van der Waals surface area contributed by atoms with E-state index in [-0.39, 0.29) is 5.41 Å². The van der Waals surface area contributed by atoms with E-state index < -0.39 is 0 Å². The SMILES string of the molecule is C=Cc1ccc2ncc(-c3ccc(N4CCN(C)CC4)c(C(C)(C)C)c3)n2n1. The van der Waals surface area contributed by atoms with Crippen molar-refractivity contribution in [1.82, 2.24) is 19.5 Å². The molecule has 28 heavy (non-hydrogen) atoms. The lowest BCUT2D eigenvalue weighted by atomic mass is 9.84. The van der Waals surface area contributed by atoms with E-state index in [0.717, 1.165) is 48.8 Å². The topological polar surface area (TPSA) is 36.7 Å². The van der Waals surface area contributed by atoms with Gasteiger partial charge >= 0.3 is 0 Å². The Morgan fingerprint density at radius 2 is 1.79 bits per heavy atom. The molecule has 0 saturated carbocycles. The van der Waals surface area contributed by atoms with E-state index in [1.165, 1.54) is 11.3 Å². The molecular weight excluding hydrogens is 346 g/mol. The Bertz CT molecular complexity index is 1000. The standard InChI is InChI=1S/C23H29N5/c1-6-18-8-10-22-24-16-21(28(22)25-18)17-7-9-20(19(15-17)23(2,3)4)27-13-11-26(5)12-14-27/h6-10,15-16H,1,11-14H2,2-5H3. The number of imidazole rings is 1. The van der Waals surface area contributed by atoms with Crippen molar-refractivity contribution in [2.45, 2.75) is 26.2 Å². The Morgan fingerprint density at radius 1 is 1.04 bits per heavy atom. The molecule has 146 valence electrons. The highest BCUT2D eigenvalue weighted by atomic mass is 15.3. The van der Waals surface area contributed by atoms with Crippen molar-refractivity contribution in [2.75, 3.05) is 38.1 Å². The smallest absolute Gasteiger partial charge is 0.154 e. The van der Waals surface area contributed by atoms with Crippen LogP contribution in [-0.4, -0.2) is 52.7 Å². The Balaban J connectivity index is 1.80. The Morgan fingerprint density at radius 3 is 2.46 bits per heavy atom. The number of piperazine rings is 1. The first-order valence-electron chi connectivity index (χ1n) is 9.92. The van der Waals surface area contributed by atoms with Crippen LogP contribution in [0, 0.1) is 0 Å². The summed E-state index contributed by atoms with van der Waals surface area (Å²) >= 11 is 0. The van der Waals surface area contributed by atoms with Crippen molar-refractivity contribution >= 4 is 17.4 Å². The largest absolute Gasteiger partial charge is 0.369 e. The van der Waals surface area contributed by atoms with Gasteiger partial charge in [0.15, 0.2) is 5.65 Å². The first-order chi connectivity index (χ1) is 13.4. The minimum Gasteiger partial charge on any atom is -0.369 e. The molecule has 0 amide bonds. The summed E-state index contributed by atoms with van der Waals surface area (Å²) in [6.07, 6.45) is 3.67. The van der Waals surface area contributed by atoms with E-state index in [2.05, 4.69) is 72.5 Å². The average molecular weight is 376 g/mol. The number of benzene rings is 1. The van der Waals surface area contributed by atoms with Gasteiger partial charge in [0.25, 0.3) is 0 Å². The fourth-order valence-corrected chi connectivity index (χ4v) is 3.81. The summed E-state index contributed by atoms with van der Waals surface area (Å²) in [7, 11) is 2.19. The fraction of sp³-hybridized carbons (Fsp3) is 0.391. The highest BCUT2D eigenvalue weighted by molar-refractivity contribution is 5.70. The molecule has 0 atom stereocenters. The van der Waals surface area contributed by atoms with Gasteiger partial charge < -0.3 is 9.80 Å². The third-order valence-electron chi connectivity index (χ3n) is 5.54. The molecule has 3 heterocycles. The second-order valence-electron chi connectivity index (χ2n) is 8.65. The first-order valence-corrected chi connectivity index (χ1v) is 9.92. The molecule has 1 aromatic carbocycles. The molecule has 0 N–H and O–H groups in total.